The molecule has 2 aliphatic rings. The summed E-state index contributed by atoms with van der Waals surface area (Å²) in [6.07, 6.45) is 2.84. The summed E-state index contributed by atoms with van der Waals surface area (Å²) in [6, 6.07) is 21.9. The van der Waals surface area contributed by atoms with Crippen LogP contribution >= 0.6 is 11.6 Å². The van der Waals surface area contributed by atoms with Gasteiger partial charge in [0.1, 0.15) is 5.75 Å². The predicted molar refractivity (Wildman–Crippen MR) is 189 cm³/mol. The highest BCUT2D eigenvalue weighted by atomic mass is 35.5. The number of hydrogen-bond donors (Lipinski definition) is 1. The van der Waals surface area contributed by atoms with E-state index in [1.807, 2.05) is 54.6 Å². The van der Waals surface area contributed by atoms with E-state index >= 15 is 0 Å². The molecule has 0 bridgehead atoms. The van der Waals surface area contributed by atoms with E-state index in [0.717, 1.165) is 91.7 Å². The molecule has 1 aromatic heterocycles. The van der Waals surface area contributed by atoms with Crippen LogP contribution in [0.25, 0.3) is 11.3 Å². The number of nitrogens with one attached hydrogen (secondary N) is 1. The zero-order valence-electron chi connectivity index (χ0n) is 27.5. The van der Waals surface area contributed by atoms with Crippen molar-refractivity contribution in [3.05, 3.63) is 105 Å². The minimum Gasteiger partial charge on any atom is -0.496 e. The number of aromatic nitrogens is 2. The SMILES string of the molecule is COc1ccc(C#Cc2cc(-c3nn(CCCN4CCOCC4)c4c3CN(S(C)(=O)=O)CC4)ccc2Cl)cc1CNCc1ccccc1. The number of nitrogens with zero attached hydrogens (tertiary/aromatic N) is 4. The molecule has 1 fully saturated rings. The molecule has 0 saturated carbocycles. The Bertz CT molecular complexity index is 1900. The molecule has 4 aromatic rings. The maximum absolute atomic E-state index is 12.5. The molecule has 0 unspecified atom stereocenters. The normalized spacial score (nSPS) is 15.5. The number of ether oxygens (including phenoxy) is 2. The molecule has 0 radical (unpaired) electrons. The van der Waals surface area contributed by atoms with Crippen LogP contribution in [0.1, 0.15) is 39.9 Å². The van der Waals surface area contributed by atoms with Gasteiger partial charge in [-0.15, -0.1) is 0 Å². The molecule has 0 amide bonds. The summed E-state index contributed by atoms with van der Waals surface area (Å²) in [6.45, 7) is 7.30. The lowest BCUT2D eigenvalue weighted by Crippen LogP contribution is -2.37. The average Bonchev–Trinajstić information content (AvgIpc) is 3.46. The topological polar surface area (TPSA) is 88.9 Å². The van der Waals surface area contributed by atoms with Gasteiger partial charge in [-0.2, -0.15) is 9.40 Å². The molecule has 3 heterocycles. The second-order valence-corrected chi connectivity index (χ2v) is 14.6. The first-order valence-corrected chi connectivity index (χ1v) is 18.6. The number of hydrogen-bond acceptors (Lipinski definition) is 7. The van der Waals surface area contributed by atoms with Crippen molar-refractivity contribution >= 4 is 21.6 Å². The summed E-state index contributed by atoms with van der Waals surface area (Å²) in [7, 11) is -1.68. The first-order valence-electron chi connectivity index (χ1n) is 16.4. The summed E-state index contributed by atoms with van der Waals surface area (Å²) >= 11 is 6.67. The van der Waals surface area contributed by atoms with Crippen molar-refractivity contribution in [3.8, 4) is 28.8 Å². The standard InChI is InChI=1S/C37H42ClN5O4S/c1-46-36-14-10-28(23-32(36)26-39-25-29-7-4-3-5-8-29)9-11-30-24-31(12-13-34(30)38)37-33-27-42(48(2,44)45)18-15-35(33)43(40-37)17-6-16-41-19-21-47-22-20-41/h3-5,7-8,10,12-14,23-24,39H,6,15-22,25-27H2,1-2H3. The Morgan fingerprint density at radius 3 is 2.56 bits per heavy atom. The van der Waals surface area contributed by atoms with Crippen LogP contribution in [0.3, 0.4) is 0 Å². The Morgan fingerprint density at radius 2 is 1.79 bits per heavy atom. The molecule has 6 rings (SSSR count). The van der Waals surface area contributed by atoms with Crippen molar-refractivity contribution in [2.24, 2.45) is 0 Å². The maximum atomic E-state index is 12.5. The molecule has 3 aromatic carbocycles. The minimum atomic E-state index is -3.35. The van der Waals surface area contributed by atoms with E-state index in [-0.39, 0.29) is 0 Å². The van der Waals surface area contributed by atoms with Gasteiger partial charge in [-0.3, -0.25) is 9.58 Å². The zero-order valence-corrected chi connectivity index (χ0v) is 29.1. The van der Waals surface area contributed by atoms with Gasteiger partial charge in [-0.1, -0.05) is 59.8 Å². The molecule has 9 nitrogen and oxygen atoms in total. The number of rotatable bonds is 11. The number of morpholine rings is 1. The third-order valence-corrected chi connectivity index (χ3v) is 10.4. The Hall–Kier alpha value is -3.69. The highest BCUT2D eigenvalue weighted by Crippen LogP contribution is 2.33. The molecule has 1 saturated heterocycles. The molecule has 48 heavy (non-hydrogen) atoms. The van der Waals surface area contributed by atoms with Crippen molar-refractivity contribution in [1.29, 1.82) is 0 Å². The summed E-state index contributed by atoms with van der Waals surface area (Å²) in [5.74, 6) is 7.37. The lowest BCUT2D eigenvalue weighted by molar-refractivity contribution is 0.0368. The smallest absolute Gasteiger partial charge is 0.211 e. The second kappa shape index (κ2) is 15.7. The van der Waals surface area contributed by atoms with Crippen molar-refractivity contribution < 1.29 is 17.9 Å². The monoisotopic (exact) mass is 687 g/mol. The van der Waals surface area contributed by atoms with Crippen LogP contribution in [0, 0.1) is 11.8 Å². The molecule has 252 valence electrons. The van der Waals surface area contributed by atoms with Gasteiger partial charge in [0, 0.05) is 92.3 Å². The van der Waals surface area contributed by atoms with E-state index in [0.29, 0.717) is 36.6 Å². The Kier molecular flexibility index (Phi) is 11.2. The van der Waals surface area contributed by atoms with Gasteiger partial charge in [0.25, 0.3) is 0 Å². The summed E-state index contributed by atoms with van der Waals surface area (Å²) in [5, 5.41) is 9.10. The van der Waals surface area contributed by atoms with Crippen LogP contribution in [0.15, 0.2) is 66.7 Å². The van der Waals surface area contributed by atoms with Gasteiger partial charge in [0.15, 0.2) is 0 Å². The third-order valence-electron chi connectivity index (χ3n) is 8.87. The van der Waals surface area contributed by atoms with E-state index in [2.05, 4.69) is 38.9 Å². The zero-order chi connectivity index (χ0) is 33.5. The number of fused-ring (bicyclic) bond motifs is 1. The van der Waals surface area contributed by atoms with Gasteiger partial charge in [-0.25, -0.2) is 8.42 Å². The minimum absolute atomic E-state index is 0.295. The number of halogens is 1. The highest BCUT2D eigenvalue weighted by molar-refractivity contribution is 7.88. The van der Waals surface area contributed by atoms with Crippen molar-refractivity contribution in [1.82, 2.24) is 24.3 Å². The molecule has 0 spiro atoms. The summed E-state index contributed by atoms with van der Waals surface area (Å²) in [5.41, 5.74) is 7.44. The van der Waals surface area contributed by atoms with Crippen LogP contribution in [-0.4, -0.2) is 80.2 Å². The fraction of sp³-hybridized carbons (Fsp3) is 0.378. The molecule has 2 aliphatic heterocycles. The molecular formula is C37H42ClN5O4S. The quantitative estimate of drug-likeness (QED) is 0.224. The molecule has 11 heteroatoms. The van der Waals surface area contributed by atoms with Gasteiger partial charge in [0.05, 0.1) is 37.3 Å². The largest absolute Gasteiger partial charge is 0.496 e. The van der Waals surface area contributed by atoms with E-state index in [4.69, 9.17) is 26.2 Å². The number of benzene rings is 3. The lowest BCUT2D eigenvalue weighted by atomic mass is 10.0. The van der Waals surface area contributed by atoms with Gasteiger partial charge in [-0.05, 0) is 42.3 Å². The number of methoxy groups -OCH3 is 1. The molecular weight excluding hydrogens is 646 g/mol. The van der Waals surface area contributed by atoms with E-state index in [1.54, 1.807) is 7.11 Å². The molecule has 1 N–H and O–H groups in total. The Morgan fingerprint density at radius 1 is 0.979 bits per heavy atom. The van der Waals surface area contributed by atoms with Gasteiger partial charge in [0.2, 0.25) is 10.0 Å². The average molecular weight is 688 g/mol. The van der Waals surface area contributed by atoms with Crippen LogP contribution in [0.4, 0.5) is 0 Å². The van der Waals surface area contributed by atoms with Gasteiger partial charge >= 0.3 is 0 Å². The van der Waals surface area contributed by atoms with E-state index < -0.39 is 10.0 Å². The predicted octanol–water partition coefficient (Wildman–Crippen LogP) is 4.94. The summed E-state index contributed by atoms with van der Waals surface area (Å²) in [4.78, 5) is 2.42. The summed E-state index contributed by atoms with van der Waals surface area (Å²) < 4.78 is 39.8. The van der Waals surface area contributed by atoms with E-state index in [1.165, 1.54) is 16.1 Å². The van der Waals surface area contributed by atoms with Gasteiger partial charge < -0.3 is 14.8 Å². The third kappa shape index (κ3) is 8.47. The van der Waals surface area contributed by atoms with Crippen LogP contribution in [0.2, 0.25) is 5.02 Å². The highest BCUT2D eigenvalue weighted by Gasteiger charge is 2.30. The van der Waals surface area contributed by atoms with Crippen molar-refractivity contribution in [2.75, 3.05) is 52.8 Å². The van der Waals surface area contributed by atoms with Crippen LogP contribution < -0.4 is 10.1 Å². The number of aryl methyl sites for hydroxylation is 1. The Balaban J connectivity index is 1.24. The fourth-order valence-corrected chi connectivity index (χ4v) is 7.23. The first kappa shape index (κ1) is 34.2. The Labute approximate surface area is 288 Å². The lowest BCUT2D eigenvalue weighted by Gasteiger charge is -2.27. The number of sulfonamides is 1. The molecule has 0 atom stereocenters. The van der Waals surface area contributed by atoms with Crippen LogP contribution in [-0.2, 0) is 47.4 Å². The van der Waals surface area contributed by atoms with Crippen LogP contribution in [0.5, 0.6) is 5.75 Å². The van der Waals surface area contributed by atoms with E-state index in [9.17, 15) is 8.42 Å². The van der Waals surface area contributed by atoms with Crippen molar-refractivity contribution in [3.63, 3.8) is 0 Å². The van der Waals surface area contributed by atoms with Crippen molar-refractivity contribution in [2.45, 2.75) is 39.0 Å². The molecule has 0 aliphatic carbocycles. The maximum Gasteiger partial charge on any atom is 0.211 e. The first-order chi connectivity index (χ1) is 23.3. The fourth-order valence-electron chi connectivity index (χ4n) is 6.27. The second-order valence-electron chi connectivity index (χ2n) is 12.2.